The molecule has 0 unspecified atom stereocenters. The number of benzene rings is 1. The van der Waals surface area contributed by atoms with Gasteiger partial charge in [0.05, 0.1) is 10.7 Å². The number of nitrogens with zero attached hydrogens (tertiary/aromatic N) is 6. The third kappa shape index (κ3) is 2.72. The maximum absolute atomic E-state index is 9.00. The molecule has 1 aromatic carbocycles. The Morgan fingerprint density at radius 3 is 2.68 bits per heavy atom. The van der Waals surface area contributed by atoms with Crippen molar-refractivity contribution >= 4 is 34.7 Å². The summed E-state index contributed by atoms with van der Waals surface area (Å²) in [4.78, 5) is 11.2. The number of halogens is 2. The summed E-state index contributed by atoms with van der Waals surface area (Å²) < 4.78 is 1.62. The lowest BCUT2D eigenvalue weighted by molar-refractivity contribution is 0.811. The lowest BCUT2D eigenvalue weighted by atomic mass is 10.2. The van der Waals surface area contributed by atoms with Gasteiger partial charge in [-0.25, -0.2) is 14.6 Å². The quantitative estimate of drug-likeness (QED) is 0.685. The number of aryl methyl sites for hydroxylation is 1. The highest BCUT2D eigenvalue weighted by molar-refractivity contribution is 6.36. The van der Waals surface area contributed by atoms with Crippen LogP contribution in [-0.4, -0.2) is 26.3 Å². The highest BCUT2D eigenvalue weighted by Gasteiger charge is 2.28. The summed E-state index contributed by atoms with van der Waals surface area (Å²) in [5.74, 6) is 2.12. The number of aromatic nitrogens is 4. The summed E-state index contributed by atoms with van der Waals surface area (Å²) in [6.45, 7) is 2.56. The SMILES string of the molecule is Cc1nc2c(c(-n3ccc(C#N)n3)n1)CCN2c1ccc(Cl)cc1Cl. The summed E-state index contributed by atoms with van der Waals surface area (Å²) in [6, 6.07) is 9.11. The van der Waals surface area contributed by atoms with Crippen molar-refractivity contribution in [2.24, 2.45) is 0 Å². The van der Waals surface area contributed by atoms with Crippen molar-refractivity contribution < 1.29 is 0 Å². The van der Waals surface area contributed by atoms with Gasteiger partial charge in [-0.15, -0.1) is 0 Å². The second kappa shape index (κ2) is 6.03. The molecule has 6 nitrogen and oxygen atoms in total. The van der Waals surface area contributed by atoms with Crippen LogP contribution in [0, 0.1) is 18.3 Å². The largest absolute Gasteiger partial charge is 0.324 e. The lowest BCUT2D eigenvalue weighted by Gasteiger charge is -2.20. The maximum Gasteiger partial charge on any atom is 0.162 e. The van der Waals surface area contributed by atoms with E-state index in [1.807, 2.05) is 25.1 Å². The van der Waals surface area contributed by atoms with E-state index in [2.05, 4.69) is 20.0 Å². The molecule has 0 spiro atoms. The van der Waals surface area contributed by atoms with Gasteiger partial charge in [0.15, 0.2) is 11.5 Å². The number of nitriles is 1. The van der Waals surface area contributed by atoms with Gasteiger partial charge in [0.2, 0.25) is 0 Å². The van der Waals surface area contributed by atoms with E-state index >= 15 is 0 Å². The summed E-state index contributed by atoms with van der Waals surface area (Å²) in [6.07, 6.45) is 2.49. The molecule has 0 N–H and O–H groups in total. The first kappa shape index (κ1) is 15.9. The van der Waals surface area contributed by atoms with Gasteiger partial charge >= 0.3 is 0 Å². The molecule has 2 aromatic heterocycles. The van der Waals surface area contributed by atoms with E-state index in [0.29, 0.717) is 27.4 Å². The van der Waals surface area contributed by atoms with Crippen LogP contribution in [0.2, 0.25) is 10.0 Å². The highest BCUT2D eigenvalue weighted by atomic mass is 35.5. The third-order valence-electron chi connectivity index (χ3n) is 4.04. The topological polar surface area (TPSA) is 70.6 Å². The van der Waals surface area contributed by atoms with E-state index in [4.69, 9.17) is 28.5 Å². The standard InChI is InChI=1S/C17H12Cl2N6/c1-10-21-16-13(17(22-10)25-7-4-12(9-20)23-25)5-6-24(16)15-3-2-11(18)8-14(15)19/h2-4,7-8H,5-6H2,1H3. The van der Waals surface area contributed by atoms with Crippen molar-refractivity contribution in [3.05, 3.63) is 57.6 Å². The predicted molar refractivity (Wildman–Crippen MR) is 95.8 cm³/mol. The summed E-state index contributed by atoms with van der Waals surface area (Å²) in [7, 11) is 0. The molecule has 0 fully saturated rings. The van der Waals surface area contributed by atoms with Crippen molar-refractivity contribution in [1.82, 2.24) is 19.7 Å². The second-order valence-corrected chi connectivity index (χ2v) is 6.49. The van der Waals surface area contributed by atoms with Gasteiger partial charge in [0.1, 0.15) is 17.7 Å². The first-order valence-electron chi connectivity index (χ1n) is 7.63. The van der Waals surface area contributed by atoms with Gasteiger partial charge in [0, 0.05) is 23.3 Å². The summed E-state index contributed by atoms with van der Waals surface area (Å²) >= 11 is 12.4. The molecule has 1 aliphatic heterocycles. The van der Waals surface area contributed by atoms with Crippen molar-refractivity contribution in [2.75, 3.05) is 11.4 Å². The molecule has 0 atom stereocenters. The van der Waals surface area contributed by atoms with Gasteiger partial charge in [-0.1, -0.05) is 23.2 Å². The van der Waals surface area contributed by atoms with Crippen LogP contribution in [0.3, 0.4) is 0 Å². The Hall–Kier alpha value is -2.62. The molecule has 0 saturated carbocycles. The molecule has 0 aliphatic carbocycles. The van der Waals surface area contributed by atoms with Crippen LogP contribution < -0.4 is 4.90 Å². The minimum atomic E-state index is 0.348. The Labute approximate surface area is 154 Å². The second-order valence-electron chi connectivity index (χ2n) is 5.65. The Balaban J connectivity index is 1.84. The van der Waals surface area contributed by atoms with Crippen molar-refractivity contribution in [2.45, 2.75) is 13.3 Å². The normalized spacial score (nSPS) is 13.0. The molecule has 0 amide bonds. The van der Waals surface area contributed by atoms with E-state index in [1.54, 1.807) is 23.0 Å². The van der Waals surface area contributed by atoms with E-state index < -0.39 is 0 Å². The first-order valence-corrected chi connectivity index (χ1v) is 8.38. The molecule has 25 heavy (non-hydrogen) atoms. The fourth-order valence-electron chi connectivity index (χ4n) is 2.97. The Morgan fingerprint density at radius 2 is 1.96 bits per heavy atom. The third-order valence-corrected chi connectivity index (χ3v) is 4.58. The van der Waals surface area contributed by atoms with Gasteiger partial charge in [0.25, 0.3) is 0 Å². The molecule has 4 rings (SSSR count). The first-order chi connectivity index (χ1) is 12.1. The van der Waals surface area contributed by atoms with Crippen molar-refractivity contribution in [3.8, 4) is 11.9 Å². The van der Waals surface area contributed by atoms with Crippen LogP contribution >= 0.6 is 23.2 Å². The molecular formula is C17H12Cl2N6. The average molecular weight is 371 g/mol. The van der Waals surface area contributed by atoms with Crippen LogP contribution in [0.25, 0.3) is 5.82 Å². The Kier molecular flexibility index (Phi) is 3.83. The molecule has 124 valence electrons. The highest BCUT2D eigenvalue weighted by Crippen LogP contribution is 2.39. The number of hydrogen-bond acceptors (Lipinski definition) is 5. The molecule has 0 bridgehead atoms. The minimum absolute atomic E-state index is 0.348. The fourth-order valence-corrected chi connectivity index (χ4v) is 3.48. The molecule has 8 heteroatoms. The summed E-state index contributed by atoms with van der Waals surface area (Å²) in [5.41, 5.74) is 2.18. The van der Waals surface area contributed by atoms with Crippen LogP contribution in [0.4, 0.5) is 11.5 Å². The van der Waals surface area contributed by atoms with E-state index in [1.165, 1.54) is 0 Å². The number of hydrogen-bond donors (Lipinski definition) is 0. The maximum atomic E-state index is 9.00. The molecule has 3 heterocycles. The Bertz CT molecular complexity index is 1020. The number of fused-ring (bicyclic) bond motifs is 1. The van der Waals surface area contributed by atoms with E-state index in [9.17, 15) is 0 Å². The minimum Gasteiger partial charge on any atom is -0.324 e. The number of rotatable bonds is 2. The van der Waals surface area contributed by atoms with Crippen LogP contribution in [0.15, 0.2) is 30.5 Å². The van der Waals surface area contributed by atoms with Gasteiger partial charge < -0.3 is 4.90 Å². The molecule has 1 aliphatic rings. The molecule has 0 saturated heterocycles. The fraction of sp³-hybridized carbons (Fsp3) is 0.176. The molecule has 0 radical (unpaired) electrons. The van der Waals surface area contributed by atoms with Gasteiger partial charge in [-0.05, 0) is 37.6 Å². The van der Waals surface area contributed by atoms with Crippen LogP contribution in [0.5, 0.6) is 0 Å². The van der Waals surface area contributed by atoms with E-state index in [-0.39, 0.29) is 0 Å². The molecular weight excluding hydrogens is 359 g/mol. The number of anilines is 2. The van der Waals surface area contributed by atoms with Gasteiger partial charge in [-0.3, -0.25) is 0 Å². The van der Waals surface area contributed by atoms with Crippen LogP contribution in [-0.2, 0) is 6.42 Å². The molecule has 3 aromatic rings. The predicted octanol–water partition coefficient (Wildman–Crippen LogP) is 3.84. The average Bonchev–Trinajstić information content (AvgIpc) is 3.21. The monoisotopic (exact) mass is 370 g/mol. The lowest BCUT2D eigenvalue weighted by Crippen LogP contribution is -2.15. The Morgan fingerprint density at radius 1 is 1.16 bits per heavy atom. The van der Waals surface area contributed by atoms with Gasteiger partial charge in [-0.2, -0.15) is 10.4 Å². The zero-order chi connectivity index (χ0) is 17.6. The van der Waals surface area contributed by atoms with Crippen molar-refractivity contribution in [3.63, 3.8) is 0 Å². The summed E-state index contributed by atoms with van der Waals surface area (Å²) in [5, 5.41) is 14.4. The van der Waals surface area contributed by atoms with Crippen molar-refractivity contribution in [1.29, 1.82) is 5.26 Å². The zero-order valence-electron chi connectivity index (χ0n) is 13.2. The smallest absolute Gasteiger partial charge is 0.162 e. The van der Waals surface area contributed by atoms with Crippen LogP contribution in [0.1, 0.15) is 17.1 Å². The zero-order valence-corrected chi connectivity index (χ0v) is 14.8. The van der Waals surface area contributed by atoms with E-state index in [0.717, 1.165) is 30.0 Å².